The lowest BCUT2D eigenvalue weighted by Gasteiger charge is -2.29. The summed E-state index contributed by atoms with van der Waals surface area (Å²) in [7, 11) is 1.63. The minimum absolute atomic E-state index is 0.0454. The summed E-state index contributed by atoms with van der Waals surface area (Å²) >= 11 is 1.38. The number of aromatic nitrogens is 1. The number of benzene rings is 1. The molecule has 1 aliphatic heterocycles. The van der Waals surface area contributed by atoms with Gasteiger partial charge < -0.3 is 14.7 Å². The summed E-state index contributed by atoms with van der Waals surface area (Å²) in [5.41, 5.74) is 0.962. The van der Waals surface area contributed by atoms with Crippen LogP contribution in [0.3, 0.4) is 0 Å². The molecule has 1 aromatic carbocycles. The van der Waals surface area contributed by atoms with E-state index in [1.807, 2.05) is 24.3 Å². The van der Waals surface area contributed by atoms with Gasteiger partial charge in [0.15, 0.2) is 0 Å². The van der Waals surface area contributed by atoms with Gasteiger partial charge >= 0.3 is 0 Å². The Bertz CT molecular complexity index is 654. The van der Waals surface area contributed by atoms with Gasteiger partial charge in [0.2, 0.25) is 0 Å². The second kappa shape index (κ2) is 6.46. The molecular weight excluding hydrogens is 300 g/mol. The molecule has 1 saturated heterocycles. The van der Waals surface area contributed by atoms with Crippen LogP contribution in [0.2, 0.25) is 0 Å². The number of hydrogen-bond acceptors (Lipinski definition) is 5. The quantitative estimate of drug-likeness (QED) is 0.944. The summed E-state index contributed by atoms with van der Waals surface area (Å²) in [6.45, 7) is 1.11. The fraction of sp³-hybridized carbons (Fsp3) is 0.375. The number of carbonyl (C=O) groups is 1. The summed E-state index contributed by atoms with van der Waals surface area (Å²) in [6, 6.07) is 7.60. The van der Waals surface area contributed by atoms with Crippen molar-refractivity contribution in [2.75, 3.05) is 20.2 Å². The van der Waals surface area contributed by atoms with Crippen molar-refractivity contribution >= 4 is 17.2 Å². The minimum atomic E-state index is -0.410. The maximum absolute atomic E-state index is 12.5. The number of β-amino-alcohol motifs (C(OH)–C–C–N with tert-alkyl or cyclic N) is 1. The number of aliphatic hydroxyl groups excluding tert-OH is 1. The van der Waals surface area contributed by atoms with E-state index in [1.54, 1.807) is 18.2 Å². The van der Waals surface area contributed by atoms with Crippen LogP contribution in [0.1, 0.15) is 22.5 Å². The van der Waals surface area contributed by atoms with Crippen LogP contribution in [-0.2, 0) is 0 Å². The van der Waals surface area contributed by atoms with Crippen molar-refractivity contribution in [2.24, 2.45) is 0 Å². The smallest absolute Gasteiger partial charge is 0.265 e. The van der Waals surface area contributed by atoms with Crippen molar-refractivity contribution in [3.8, 4) is 16.3 Å². The van der Waals surface area contributed by atoms with Gasteiger partial charge in [-0.25, -0.2) is 4.98 Å². The highest BCUT2D eigenvalue weighted by atomic mass is 32.1. The van der Waals surface area contributed by atoms with Gasteiger partial charge in [-0.3, -0.25) is 4.79 Å². The molecule has 2 heterocycles. The van der Waals surface area contributed by atoms with Crippen LogP contribution in [0.5, 0.6) is 5.75 Å². The van der Waals surface area contributed by atoms with E-state index in [0.29, 0.717) is 18.0 Å². The number of piperidine rings is 1. The van der Waals surface area contributed by atoms with Crippen molar-refractivity contribution in [3.05, 3.63) is 35.3 Å². The number of carbonyl (C=O) groups excluding carboxylic acids is 1. The third-order valence-corrected chi connectivity index (χ3v) is 4.77. The number of rotatable bonds is 3. The molecule has 1 fully saturated rings. The predicted octanol–water partition coefficient (Wildman–Crippen LogP) is 2.42. The Morgan fingerprint density at radius 3 is 2.86 bits per heavy atom. The topological polar surface area (TPSA) is 62.7 Å². The Morgan fingerprint density at radius 2 is 2.18 bits per heavy atom. The zero-order valence-corrected chi connectivity index (χ0v) is 13.2. The van der Waals surface area contributed by atoms with Crippen molar-refractivity contribution < 1.29 is 14.6 Å². The molecule has 0 spiro atoms. The Morgan fingerprint density at radius 1 is 1.41 bits per heavy atom. The molecule has 0 saturated carbocycles. The SMILES string of the molecule is COc1ccc(-c2ncc(C(=O)N3CCCC(O)C3)s2)cc1. The first-order valence-electron chi connectivity index (χ1n) is 7.25. The first-order chi connectivity index (χ1) is 10.7. The van der Waals surface area contributed by atoms with Gasteiger partial charge in [0, 0.05) is 18.7 Å². The summed E-state index contributed by atoms with van der Waals surface area (Å²) in [4.78, 5) is 19.1. The average molecular weight is 318 g/mol. The van der Waals surface area contributed by atoms with Crippen LogP contribution < -0.4 is 4.74 Å². The molecule has 1 unspecified atom stereocenters. The highest BCUT2D eigenvalue weighted by Crippen LogP contribution is 2.28. The molecule has 1 aromatic heterocycles. The highest BCUT2D eigenvalue weighted by molar-refractivity contribution is 7.16. The third-order valence-electron chi connectivity index (χ3n) is 3.74. The summed E-state index contributed by atoms with van der Waals surface area (Å²) in [6.07, 6.45) is 2.82. The molecule has 2 aromatic rings. The monoisotopic (exact) mass is 318 g/mol. The predicted molar refractivity (Wildman–Crippen MR) is 85.2 cm³/mol. The second-order valence-electron chi connectivity index (χ2n) is 5.31. The molecule has 0 aliphatic carbocycles. The number of ether oxygens (including phenoxy) is 1. The lowest BCUT2D eigenvalue weighted by Crippen LogP contribution is -2.41. The van der Waals surface area contributed by atoms with Crippen LogP contribution in [0.15, 0.2) is 30.5 Å². The van der Waals surface area contributed by atoms with Gasteiger partial charge in [0.05, 0.1) is 19.4 Å². The van der Waals surface area contributed by atoms with Gasteiger partial charge in [-0.05, 0) is 37.1 Å². The van der Waals surface area contributed by atoms with E-state index in [-0.39, 0.29) is 5.91 Å². The molecule has 1 N–H and O–H groups in total. The molecule has 1 atom stereocenters. The lowest BCUT2D eigenvalue weighted by molar-refractivity contribution is 0.0477. The number of methoxy groups -OCH3 is 1. The maximum atomic E-state index is 12.5. The maximum Gasteiger partial charge on any atom is 0.265 e. The van der Waals surface area contributed by atoms with E-state index in [9.17, 15) is 9.90 Å². The van der Waals surface area contributed by atoms with Gasteiger partial charge in [0.1, 0.15) is 15.6 Å². The molecule has 1 amide bonds. The third kappa shape index (κ3) is 3.13. The van der Waals surface area contributed by atoms with Crippen molar-refractivity contribution in [1.82, 2.24) is 9.88 Å². The minimum Gasteiger partial charge on any atom is -0.497 e. The Balaban J connectivity index is 1.76. The molecule has 3 rings (SSSR count). The van der Waals surface area contributed by atoms with Crippen molar-refractivity contribution in [3.63, 3.8) is 0 Å². The first-order valence-corrected chi connectivity index (χ1v) is 8.06. The van der Waals surface area contributed by atoms with Crippen LogP contribution >= 0.6 is 11.3 Å². The normalized spacial score (nSPS) is 18.3. The number of likely N-dealkylation sites (tertiary alicyclic amines) is 1. The van der Waals surface area contributed by atoms with Crippen molar-refractivity contribution in [1.29, 1.82) is 0 Å². The van der Waals surface area contributed by atoms with E-state index in [4.69, 9.17) is 4.74 Å². The number of nitrogens with zero attached hydrogens (tertiary/aromatic N) is 2. The van der Waals surface area contributed by atoms with Crippen LogP contribution in [-0.4, -0.2) is 47.2 Å². The molecule has 1 aliphatic rings. The van der Waals surface area contributed by atoms with Gasteiger partial charge in [-0.15, -0.1) is 11.3 Å². The van der Waals surface area contributed by atoms with E-state index in [0.717, 1.165) is 29.2 Å². The fourth-order valence-electron chi connectivity index (χ4n) is 2.54. The zero-order valence-electron chi connectivity index (χ0n) is 12.4. The lowest BCUT2D eigenvalue weighted by atomic mass is 10.1. The Kier molecular flexibility index (Phi) is 4.40. The molecule has 0 radical (unpaired) electrons. The van der Waals surface area contributed by atoms with E-state index < -0.39 is 6.10 Å². The summed E-state index contributed by atoms with van der Waals surface area (Å²) in [5.74, 6) is 0.745. The van der Waals surface area contributed by atoms with Crippen LogP contribution in [0.4, 0.5) is 0 Å². The largest absolute Gasteiger partial charge is 0.497 e. The van der Waals surface area contributed by atoms with Gasteiger partial charge in [-0.2, -0.15) is 0 Å². The molecule has 116 valence electrons. The first kappa shape index (κ1) is 15.0. The van der Waals surface area contributed by atoms with E-state index in [2.05, 4.69) is 4.98 Å². The van der Waals surface area contributed by atoms with Crippen LogP contribution in [0.25, 0.3) is 10.6 Å². The summed E-state index contributed by atoms with van der Waals surface area (Å²) in [5, 5.41) is 10.5. The average Bonchev–Trinajstić information content (AvgIpc) is 3.04. The molecule has 0 bridgehead atoms. The Hall–Kier alpha value is -1.92. The molecule has 5 nitrogen and oxygen atoms in total. The van der Waals surface area contributed by atoms with Crippen molar-refractivity contribution in [2.45, 2.75) is 18.9 Å². The summed E-state index contributed by atoms with van der Waals surface area (Å²) < 4.78 is 5.14. The molecule has 6 heteroatoms. The number of hydrogen-bond donors (Lipinski definition) is 1. The molecule has 22 heavy (non-hydrogen) atoms. The van der Waals surface area contributed by atoms with E-state index >= 15 is 0 Å². The standard InChI is InChI=1S/C16H18N2O3S/c1-21-13-6-4-11(5-7-13)15-17-9-14(22-15)16(20)18-8-2-3-12(19)10-18/h4-7,9,12,19H,2-3,8,10H2,1H3. The number of aliphatic hydroxyl groups is 1. The zero-order chi connectivity index (χ0) is 15.5. The number of amides is 1. The second-order valence-corrected chi connectivity index (χ2v) is 6.34. The Labute approximate surface area is 133 Å². The van der Waals surface area contributed by atoms with Gasteiger partial charge in [0.25, 0.3) is 5.91 Å². The highest BCUT2D eigenvalue weighted by Gasteiger charge is 2.24. The van der Waals surface area contributed by atoms with Gasteiger partial charge in [-0.1, -0.05) is 0 Å². The molecular formula is C16H18N2O3S. The number of thiazole rings is 1. The van der Waals surface area contributed by atoms with E-state index in [1.165, 1.54) is 11.3 Å². The van der Waals surface area contributed by atoms with Crippen LogP contribution in [0, 0.1) is 0 Å². The fourth-order valence-corrected chi connectivity index (χ4v) is 3.42.